The van der Waals surface area contributed by atoms with Crippen molar-refractivity contribution in [1.29, 1.82) is 0 Å². The third-order valence-corrected chi connectivity index (χ3v) is 11.0. The molecule has 4 heterocycles. The normalized spacial score (nSPS) is 11.9. The highest BCUT2D eigenvalue weighted by Gasteiger charge is 2.25. The Hall–Kier alpha value is -7.90. The van der Waals surface area contributed by atoms with E-state index < -0.39 is 0 Å². The van der Waals surface area contributed by atoms with Gasteiger partial charge in [0.15, 0.2) is 17.5 Å². The summed E-state index contributed by atoms with van der Waals surface area (Å²) >= 11 is 0. The first kappa shape index (κ1) is 31.5. The van der Waals surface area contributed by atoms with Crippen LogP contribution < -0.4 is 0 Å². The van der Waals surface area contributed by atoms with Gasteiger partial charge >= 0.3 is 0 Å². The number of aromatic nitrogens is 6. The molecule has 57 heavy (non-hydrogen) atoms. The van der Waals surface area contributed by atoms with Crippen LogP contribution in [0.25, 0.3) is 117 Å². The van der Waals surface area contributed by atoms with Gasteiger partial charge in [0.05, 0.1) is 27.7 Å². The molecular formula is C50H30N6O. The number of imidazole rings is 1. The second-order valence-electron chi connectivity index (χ2n) is 14.3. The van der Waals surface area contributed by atoms with Gasteiger partial charge in [0.1, 0.15) is 17.0 Å². The number of benzene rings is 8. The molecule has 0 aliphatic carbocycles. The third kappa shape index (κ3) is 4.86. The van der Waals surface area contributed by atoms with Gasteiger partial charge in [-0.2, -0.15) is 0 Å². The molecule has 7 heteroatoms. The van der Waals surface area contributed by atoms with E-state index in [-0.39, 0.29) is 0 Å². The summed E-state index contributed by atoms with van der Waals surface area (Å²) in [7, 11) is 0. The Morgan fingerprint density at radius 3 is 1.77 bits per heavy atom. The predicted molar refractivity (Wildman–Crippen MR) is 230 cm³/mol. The van der Waals surface area contributed by atoms with Crippen LogP contribution in [-0.4, -0.2) is 29.5 Å². The summed E-state index contributed by atoms with van der Waals surface area (Å²) in [5, 5.41) is 6.61. The molecule has 1 N–H and O–H groups in total. The molecule has 0 saturated carbocycles. The highest BCUT2D eigenvalue weighted by molar-refractivity contribution is 6.24. The molecule has 0 saturated heterocycles. The number of fused-ring (bicyclic) bond motifs is 10. The van der Waals surface area contributed by atoms with Gasteiger partial charge in [-0.15, -0.1) is 0 Å². The van der Waals surface area contributed by atoms with Gasteiger partial charge in [0.25, 0.3) is 0 Å². The minimum absolute atomic E-state index is 0.532. The number of H-pyrrole nitrogens is 1. The van der Waals surface area contributed by atoms with Gasteiger partial charge in [-0.1, -0.05) is 140 Å². The van der Waals surface area contributed by atoms with E-state index in [1.54, 1.807) is 0 Å². The second-order valence-corrected chi connectivity index (χ2v) is 14.3. The molecule has 0 unspecified atom stereocenters. The first-order valence-electron chi connectivity index (χ1n) is 19.0. The molecule has 266 valence electrons. The van der Waals surface area contributed by atoms with Gasteiger partial charge < -0.3 is 9.40 Å². The van der Waals surface area contributed by atoms with Crippen molar-refractivity contribution >= 4 is 65.6 Å². The van der Waals surface area contributed by atoms with Crippen LogP contribution in [0.1, 0.15) is 0 Å². The highest BCUT2D eigenvalue weighted by atomic mass is 16.3. The summed E-state index contributed by atoms with van der Waals surface area (Å²) < 4.78 is 9.19. The van der Waals surface area contributed by atoms with Crippen molar-refractivity contribution in [2.75, 3.05) is 0 Å². The Morgan fingerprint density at radius 2 is 1.04 bits per heavy atom. The van der Waals surface area contributed by atoms with Crippen LogP contribution in [0.4, 0.5) is 0 Å². The SMILES string of the molecule is c1ccc(-c2nc(-c3ccccc3)nc(-c3ccc(-n4c(-c5ccccc5)nc5ccc6c(ccc7[nH]c8ccccc8c76)c54)c4c3oc3ccccc34)n2)cc1. The number of hydrogen-bond donors (Lipinski definition) is 1. The van der Waals surface area contributed by atoms with E-state index in [2.05, 4.69) is 107 Å². The summed E-state index contributed by atoms with van der Waals surface area (Å²) in [6.07, 6.45) is 0. The van der Waals surface area contributed by atoms with E-state index in [1.807, 2.05) is 78.9 Å². The van der Waals surface area contributed by atoms with Gasteiger partial charge in [0, 0.05) is 49.3 Å². The van der Waals surface area contributed by atoms with Gasteiger partial charge in [-0.05, 0) is 41.8 Å². The Kier molecular flexibility index (Phi) is 6.79. The second kappa shape index (κ2) is 12.3. The van der Waals surface area contributed by atoms with Crippen molar-refractivity contribution in [2.24, 2.45) is 0 Å². The minimum atomic E-state index is 0.532. The average molecular weight is 731 g/mol. The van der Waals surface area contributed by atoms with Crippen molar-refractivity contribution in [2.45, 2.75) is 0 Å². The Labute approximate surface area is 325 Å². The summed E-state index contributed by atoms with van der Waals surface area (Å²) in [4.78, 5) is 24.2. The maximum absolute atomic E-state index is 6.87. The standard InChI is InChI=1S/C50H30N6O/c1-4-14-30(15-5-1)47-53-48(31-16-6-2-7-17-31)55-49(54-47)37-26-29-41(44-36-21-11-13-23-42(36)57-46(37)44)56-45-34-25-27-39-43(35-20-10-12-22-38(35)51-39)33(34)24-28-40(45)52-50(56)32-18-8-3-9-19-32/h1-29,51H. The fourth-order valence-electron chi connectivity index (χ4n) is 8.44. The number of nitrogens with zero attached hydrogens (tertiary/aromatic N) is 5. The molecule has 0 amide bonds. The monoisotopic (exact) mass is 730 g/mol. The van der Waals surface area contributed by atoms with Crippen molar-refractivity contribution in [3.8, 4) is 51.2 Å². The zero-order valence-electron chi connectivity index (χ0n) is 30.4. The van der Waals surface area contributed by atoms with Crippen molar-refractivity contribution in [1.82, 2.24) is 29.5 Å². The topological polar surface area (TPSA) is 85.4 Å². The van der Waals surface area contributed by atoms with Gasteiger partial charge in [-0.3, -0.25) is 4.57 Å². The summed E-state index contributed by atoms with van der Waals surface area (Å²) in [6.45, 7) is 0. The maximum atomic E-state index is 6.87. The number of hydrogen-bond acceptors (Lipinski definition) is 5. The lowest BCUT2D eigenvalue weighted by atomic mass is 10.0. The van der Waals surface area contributed by atoms with E-state index in [4.69, 9.17) is 24.4 Å². The minimum Gasteiger partial charge on any atom is -0.455 e. The van der Waals surface area contributed by atoms with Crippen LogP contribution >= 0.6 is 0 Å². The van der Waals surface area contributed by atoms with E-state index in [0.29, 0.717) is 23.1 Å². The van der Waals surface area contributed by atoms with E-state index in [1.165, 1.54) is 10.8 Å². The third-order valence-electron chi connectivity index (χ3n) is 11.0. The number of aromatic amines is 1. The van der Waals surface area contributed by atoms with Gasteiger partial charge in [-0.25, -0.2) is 19.9 Å². The fraction of sp³-hybridized carbons (Fsp3) is 0. The van der Waals surface area contributed by atoms with Gasteiger partial charge in [0.2, 0.25) is 0 Å². The molecule has 7 nitrogen and oxygen atoms in total. The molecule has 12 rings (SSSR count). The van der Waals surface area contributed by atoms with Crippen LogP contribution in [0.3, 0.4) is 0 Å². The van der Waals surface area contributed by atoms with Crippen molar-refractivity contribution in [3.63, 3.8) is 0 Å². The smallest absolute Gasteiger partial charge is 0.167 e. The van der Waals surface area contributed by atoms with Crippen LogP contribution in [0.2, 0.25) is 0 Å². The van der Waals surface area contributed by atoms with Crippen molar-refractivity contribution in [3.05, 3.63) is 176 Å². The lowest BCUT2D eigenvalue weighted by Gasteiger charge is -2.14. The molecule has 0 fully saturated rings. The van der Waals surface area contributed by atoms with E-state index in [0.717, 1.165) is 83.0 Å². The largest absolute Gasteiger partial charge is 0.455 e. The number of furan rings is 1. The molecule has 12 aromatic rings. The number of para-hydroxylation sites is 2. The maximum Gasteiger partial charge on any atom is 0.167 e. The zero-order valence-corrected chi connectivity index (χ0v) is 30.4. The quantitative estimate of drug-likeness (QED) is 0.191. The highest BCUT2D eigenvalue weighted by Crippen LogP contribution is 2.44. The van der Waals surface area contributed by atoms with Crippen LogP contribution in [0.5, 0.6) is 0 Å². The Balaban J connectivity index is 1.19. The number of nitrogens with one attached hydrogen (secondary N) is 1. The van der Waals surface area contributed by atoms with Crippen molar-refractivity contribution < 1.29 is 4.42 Å². The van der Waals surface area contributed by atoms with E-state index in [9.17, 15) is 0 Å². The lowest BCUT2D eigenvalue weighted by molar-refractivity contribution is 0.669. The molecule has 0 atom stereocenters. The van der Waals surface area contributed by atoms with Crippen LogP contribution in [0.15, 0.2) is 180 Å². The molecule has 0 aliphatic rings. The van der Waals surface area contributed by atoms with Crippen LogP contribution in [0, 0.1) is 0 Å². The lowest BCUT2D eigenvalue weighted by Crippen LogP contribution is -2.02. The summed E-state index contributed by atoms with van der Waals surface area (Å²) in [5.74, 6) is 2.56. The number of rotatable bonds is 5. The molecule has 0 radical (unpaired) electrons. The van der Waals surface area contributed by atoms with Crippen LogP contribution in [-0.2, 0) is 0 Å². The molecule has 8 aromatic carbocycles. The molecule has 0 aliphatic heterocycles. The first-order chi connectivity index (χ1) is 28.3. The average Bonchev–Trinajstić information content (AvgIpc) is 3.99. The molecule has 0 spiro atoms. The Bertz CT molecular complexity index is 3460. The van der Waals surface area contributed by atoms with E-state index >= 15 is 0 Å². The fourth-order valence-corrected chi connectivity index (χ4v) is 8.44. The summed E-state index contributed by atoms with van der Waals surface area (Å²) in [6, 6.07) is 60.3. The predicted octanol–water partition coefficient (Wildman–Crippen LogP) is 12.6. The molecule has 4 aromatic heterocycles. The molecule has 0 bridgehead atoms. The first-order valence-corrected chi connectivity index (χ1v) is 19.0. The zero-order chi connectivity index (χ0) is 37.5. The Morgan fingerprint density at radius 1 is 0.421 bits per heavy atom. The molecular weight excluding hydrogens is 701 g/mol. The summed E-state index contributed by atoms with van der Waals surface area (Å²) in [5.41, 5.74) is 10.2.